The first-order chi connectivity index (χ1) is 6.68. The van der Waals surface area contributed by atoms with Crippen LogP contribution in [0.5, 0.6) is 5.75 Å². The Balaban J connectivity index is 2.42. The zero-order valence-corrected chi connectivity index (χ0v) is 8.62. The fourth-order valence-corrected chi connectivity index (χ4v) is 1.69. The fourth-order valence-electron chi connectivity index (χ4n) is 1.51. The third-order valence-electron chi connectivity index (χ3n) is 2.26. The fraction of sp³-hybridized carbons (Fsp3) is 0.300. The van der Waals surface area contributed by atoms with Gasteiger partial charge in [-0.1, -0.05) is 17.7 Å². The molecule has 0 aromatic heterocycles. The zero-order chi connectivity index (χ0) is 10.1. The second-order valence-corrected chi connectivity index (χ2v) is 3.72. The smallest absolute Gasteiger partial charge is 0.143 e. The van der Waals surface area contributed by atoms with E-state index >= 15 is 0 Å². The molecule has 3 nitrogen and oxygen atoms in total. The van der Waals surface area contributed by atoms with E-state index in [9.17, 15) is 5.11 Å². The average molecular weight is 211 g/mol. The number of aromatic hydroxyl groups is 1. The molecule has 1 aliphatic heterocycles. The lowest BCUT2D eigenvalue weighted by atomic mass is 10.1. The molecule has 0 bridgehead atoms. The van der Waals surface area contributed by atoms with Crippen molar-refractivity contribution in [1.82, 2.24) is 5.01 Å². The number of phenolic OH excluding ortho intramolecular Hbond substituents is 1. The third kappa shape index (κ3) is 1.55. The molecular formula is C10H11ClN2O. The van der Waals surface area contributed by atoms with Crippen LogP contribution in [0.4, 0.5) is 0 Å². The van der Waals surface area contributed by atoms with Gasteiger partial charge in [-0.15, -0.1) is 0 Å². The third-order valence-corrected chi connectivity index (χ3v) is 2.57. The Morgan fingerprint density at radius 3 is 2.93 bits per heavy atom. The largest absolute Gasteiger partial charge is 0.506 e. The highest BCUT2D eigenvalue weighted by molar-refractivity contribution is 6.32. The van der Waals surface area contributed by atoms with Gasteiger partial charge in [0.25, 0.3) is 0 Å². The quantitative estimate of drug-likeness (QED) is 0.771. The highest BCUT2D eigenvalue weighted by atomic mass is 35.5. The monoisotopic (exact) mass is 210 g/mol. The lowest BCUT2D eigenvalue weighted by Gasteiger charge is -2.04. The van der Waals surface area contributed by atoms with Gasteiger partial charge in [-0.2, -0.15) is 5.10 Å². The first kappa shape index (κ1) is 9.34. The molecule has 0 unspecified atom stereocenters. The molecule has 14 heavy (non-hydrogen) atoms. The number of benzene rings is 1. The minimum Gasteiger partial charge on any atom is -0.506 e. The van der Waals surface area contributed by atoms with Crippen LogP contribution in [0.1, 0.15) is 12.0 Å². The Hall–Kier alpha value is -1.22. The number of hydrogen-bond acceptors (Lipinski definition) is 3. The van der Waals surface area contributed by atoms with Crippen LogP contribution in [0.3, 0.4) is 0 Å². The standard InChI is InChI=1S/C10H11ClN2O/c1-13-6-5-9(12-13)7-3-2-4-8(11)10(7)14/h2-4,14H,5-6H2,1H3. The zero-order valence-electron chi connectivity index (χ0n) is 7.87. The van der Waals surface area contributed by atoms with Crippen molar-refractivity contribution >= 4 is 17.3 Å². The Bertz CT molecular complexity index is 390. The van der Waals surface area contributed by atoms with Crippen molar-refractivity contribution in [3.8, 4) is 5.75 Å². The maximum absolute atomic E-state index is 9.71. The number of phenols is 1. The van der Waals surface area contributed by atoms with E-state index in [0.29, 0.717) is 5.02 Å². The highest BCUT2D eigenvalue weighted by Gasteiger charge is 2.16. The normalized spacial score (nSPS) is 15.9. The summed E-state index contributed by atoms with van der Waals surface area (Å²) in [5, 5.41) is 16.2. The molecule has 0 atom stereocenters. The Morgan fingerprint density at radius 1 is 1.50 bits per heavy atom. The van der Waals surface area contributed by atoms with E-state index < -0.39 is 0 Å². The number of rotatable bonds is 1. The Labute approximate surface area is 87.6 Å². The minimum absolute atomic E-state index is 0.128. The molecule has 0 radical (unpaired) electrons. The molecule has 1 aromatic rings. The van der Waals surface area contributed by atoms with Gasteiger partial charge in [0.15, 0.2) is 0 Å². The van der Waals surface area contributed by atoms with Gasteiger partial charge in [0.1, 0.15) is 5.75 Å². The van der Waals surface area contributed by atoms with Gasteiger partial charge in [0.2, 0.25) is 0 Å². The molecule has 1 aliphatic rings. The number of hydrogen-bond donors (Lipinski definition) is 1. The predicted octanol–water partition coefficient (Wildman–Crippen LogP) is 2.09. The lowest BCUT2D eigenvalue weighted by Crippen LogP contribution is -2.04. The molecule has 0 amide bonds. The first-order valence-electron chi connectivity index (χ1n) is 4.45. The van der Waals surface area contributed by atoms with Crippen molar-refractivity contribution in [3.05, 3.63) is 28.8 Å². The van der Waals surface area contributed by atoms with Gasteiger partial charge in [-0.05, 0) is 12.1 Å². The van der Waals surface area contributed by atoms with Crippen molar-refractivity contribution < 1.29 is 5.11 Å². The summed E-state index contributed by atoms with van der Waals surface area (Å²) in [6.07, 6.45) is 0.852. The summed E-state index contributed by atoms with van der Waals surface area (Å²) < 4.78 is 0. The summed E-state index contributed by atoms with van der Waals surface area (Å²) in [6, 6.07) is 5.32. The molecule has 0 spiro atoms. The number of halogens is 1. The number of para-hydroxylation sites is 1. The van der Waals surface area contributed by atoms with E-state index in [1.165, 1.54) is 0 Å². The van der Waals surface area contributed by atoms with Gasteiger partial charge in [0, 0.05) is 25.6 Å². The van der Waals surface area contributed by atoms with Gasteiger partial charge in [0.05, 0.1) is 10.7 Å². The maximum Gasteiger partial charge on any atom is 0.143 e. The summed E-state index contributed by atoms with van der Waals surface area (Å²) in [7, 11) is 1.91. The van der Waals surface area contributed by atoms with Crippen molar-refractivity contribution in [3.63, 3.8) is 0 Å². The van der Waals surface area contributed by atoms with Crippen LogP contribution >= 0.6 is 11.6 Å². The van der Waals surface area contributed by atoms with Crippen LogP contribution in [-0.2, 0) is 0 Å². The maximum atomic E-state index is 9.71. The Morgan fingerprint density at radius 2 is 2.29 bits per heavy atom. The van der Waals surface area contributed by atoms with Gasteiger partial charge in [-0.3, -0.25) is 5.01 Å². The molecule has 1 heterocycles. The van der Waals surface area contributed by atoms with Gasteiger partial charge >= 0.3 is 0 Å². The Kier molecular flexibility index (Phi) is 2.33. The lowest BCUT2D eigenvalue weighted by molar-refractivity contribution is 0.393. The molecule has 1 aromatic carbocycles. The average Bonchev–Trinajstić information content (AvgIpc) is 2.57. The van der Waals surface area contributed by atoms with Crippen molar-refractivity contribution in [2.75, 3.05) is 13.6 Å². The topological polar surface area (TPSA) is 35.8 Å². The molecule has 74 valence electrons. The number of nitrogens with zero attached hydrogens (tertiary/aromatic N) is 2. The highest BCUT2D eigenvalue weighted by Crippen LogP contribution is 2.29. The van der Waals surface area contributed by atoms with Crippen molar-refractivity contribution in [2.24, 2.45) is 5.10 Å². The molecule has 0 aliphatic carbocycles. The van der Waals surface area contributed by atoms with Crippen LogP contribution in [0.25, 0.3) is 0 Å². The van der Waals surface area contributed by atoms with E-state index in [2.05, 4.69) is 5.10 Å². The van der Waals surface area contributed by atoms with Crippen LogP contribution in [-0.4, -0.2) is 29.4 Å². The van der Waals surface area contributed by atoms with Crippen molar-refractivity contribution in [1.29, 1.82) is 0 Å². The van der Waals surface area contributed by atoms with Gasteiger partial charge < -0.3 is 5.11 Å². The molecule has 2 rings (SSSR count). The predicted molar refractivity (Wildman–Crippen MR) is 56.9 cm³/mol. The summed E-state index contributed by atoms with van der Waals surface area (Å²) in [4.78, 5) is 0. The second-order valence-electron chi connectivity index (χ2n) is 3.31. The SMILES string of the molecule is CN1CCC(c2cccc(Cl)c2O)=N1. The second kappa shape index (κ2) is 3.50. The number of hydrazone groups is 1. The molecule has 4 heteroatoms. The molecule has 0 fully saturated rings. The molecular weight excluding hydrogens is 200 g/mol. The van der Waals surface area contributed by atoms with E-state index in [0.717, 1.165) is 24.2 Å². The van der Waals surface area contributed by atoms with E-state index in [-0.39, 0.29) is 5.75 Å². The van der Waals surface area contributed by atoms with Crippen LogP contribution in [0.2, 0.25) is 5.02 Å². The van der Waals surface area contributed by atoms with E-state index in [1.807, 2.05) is 24.2 Å². The minimum atomic E-state index is 0.128. The van der Waals surface area contributed by atoms with Gasteiger partial charge in [-0.25, -0.2) is 0 Å². The van der Waals surface area contributed by atoms with Crippen LogP contribution in [0, 0.1) is 0 Å². The molecule has 1 N–H and O–H groups in total. The summed E-state index contributed by atoms with van der Waals surface area (Å²) >= 11 is 5.81. The summed E-state index contributed by atoms with van der Waals surface area (Å²) in [5.74, 6) is 0.128. The first-order valence-corrected chi connectivity index (χ1v) is 4.83. The van der Waals surface area contributed by atoms with E-state index in [1.54, 1.807) is 6.07 Å². The van der Waals surface area contributed by atoms with E-state index in [4.69, 9.17) is 11.6 Å². The van der Waals surface area contributed by atoms with Crippen molar-refractivity contribution in [2.45, 2.75) is 6.42 Å². The molecule has 0 saturated carbocycles. The summed E-state index contributed by atoms with van der Waals surface area (Å²) in [6.45, 7) is 0.890. The van der Waals surface area contributed by atoms with Crippen LogP contribution < -0.4 is 0 Å². The van der Waals surface area contributed by atoms with Crippen LogP contribution in [0.15, 0.2) is 23.3 Å². The summed E-state index contributed by atoms with van der Waals surface area (Å²) in [5.41, 5.74) is 1.63. The molecule has 0 saturated heterocycles.